The number of pyridine rings is 1. The Morgan fingerprint density at radius 3 is 2.94 bits per heavy atom. The van der Waals surface area contributed by atoms with Gasteiger partial charge >= 0.3 is 5.97 Å². The Balaban J connectivity index is 2.10. The van der Waals surface area contributed by atoms with Crippen LogP contribution in [0.25, 0.3) is 0 Å². The van der Waals surface area contributed by atoms with Crippen molar-refractivity contribution in [2.45, 2.75) is 18.9 Å². The van der Waals surface area contributed by atoms with Crippen LogP contribution in [0.15, 0.2) is 18.5 Å². The Morgan fingerprint density at radius 1 is 1.50 bits per heavy atom. The van der Waals surface area contributed by atoms with Crippen LogP contribution in [0.2, 0.25) is 0 Å². The van der Waals surface area contributed by atoms with E-state index in [4.69, 9.17) is 5.11 Å². The molecule has 4 nitrogen and oxygen atoms in total. The molecule has 1 aromatic heterocycles. The second-order valence-electron chi connectivity index (χ2n) is 3.76. The molecule has 0 unspecified atom stereocenters. The maximum Gasteiger partial charge on any atom is 0.337 e. The third kappa shape index (κ3) is 2.66. The van der Waals surface area contributed by atoms with Crippen molar-refractivity contribution in [2.24, 2.45) is 0 Å². The van der Waals surface area contributed by atoms with Crippen LogP contribution >= 0.6 is 11.8 Å². The highest BCUT2D eigenvalue weighted by Crippen LogP contribution is 2.22. The molecular formula is C11H14N2O2S. The number of carboxylic acids is 1. The molecule has 2 rings (SSSR count). The van der Waals surface area contributed by atoms with Gasteiger partial charge in [0, 0.05) is 12.2 Å². The van der Waals surface area contributed by atoms with Crippen molar-refractivity contribution in [1.29, 1.82) is 0 Å². The Labute approximate surface area is 98.5 Å². The molecule has 5 heteroatoms. The lowest BCUT2D eigenvalue weighted by Gasteiger charge is -2.24. The van der Waals surface area contributed by atoms with Crippen molar-refractivity contribution in [2.75, 3.05) is 16.8 Å². The normalized spacial score (nSPS) is 17.0. The molecule has 0 aromatic carbocycles. The van der Waals surface area contributed by atoms with Crippen molar-refractivity contribution >= 4 is 23.4 Å². The van der Waals surface area contributed by atoms with Gasteiger partial charge in [-0.2, -0.15) is 11.8 Å². The zero-order valence-electron chi connectivity index (χ0n) is 8.85. The van der Waals surface area contributed by atoms with Crippen molar-refractivity contribution in [1.82, 2.24) is 4.98 Å². The van der Waals surface area contributed by atoms with Crippen molar-refractivity contribution < 1.29 is 9.90 Å². The summed E-state index contributed by atoms with van der Waals surface area (Å²) in [5.41, 5.74) is 0.931. The number of thioether (sulfide) groups is 1. The fraction of sp³-hybridized carbons (Fsp3) is 0.455. The zero-order valence-corrected chi connectivity index (χ0v) is 9.67. The van der Waals surface area contributed by atoms with Gasteiger partial charge in [-0.15, -0.1) is 0 Å². The van der Waals surface area contributed by atoms with Crippen molar-refractivity contribution in [3.05, 3.63) is 24.0 Å². The van der Waals surface area contributed by atoms with Gasteiger partial charge in [0.25, 0.3) is 0 Å². The number of nitrogens with one attached hydrogen (secondary N) is 1. The first-order chi connectivity index (χ1) is 7.77. The van der Waals surface area contributed by atoms with E-state index in [9.17, 15) is 4.79 Å². The highest BCUT2D eigenvalue weighted by atomic mass is 32.2. The summed E-state index contributed by atoms with van der Waals surface area (Å²) in [6, 6.07) is 1.91. The van der Waals surface area contributed by atoms with Crippen molar-refractivity contribution in [3.8, 4) is 0 Å². The lowest BCUT2D eigenvalue weighted by atomic mass is 10.1. The minimum absolute atomic E-state index is 0.299. The second-order valence-corrected chi connectivity index (χ2v) is 4.98. The maximum absolute atomic E-state index is 11.0. The molecule has 0 radical (unpaired) electrons. The fourth-order valence-electron chi connectivity index (χ4n) is 1.76. The van der Waals surface area contributed by atoms with Gasteiger partial charge in [-0.25, -0.2) is 4.79 Å². The van der Waals surface area contributed by atoms with Gasteiger partial charge in [0.2, 0.25) is 0 Å². The van der Waals surface area contributed by atoms with E-state index in [1.54, 1.807) is 6.20 Å². The average molecular weight is 238 g/mol. The minimum Gasteiger partial charge on any atom is -0.478 e. The Kier molecular flexibility index (Phi) is 3.66. The van der Waals surface area contributed by atoms with E-state index in [-0.39, 0.29) is 0 Å². The third-order valence-corrected chi connectivity index (χ3v) is 3.68. The number of anilines is 1. The number of carbonyl (C=O) groups is 1. The summed E-state index contributed by atoms with van der Waals surface area (Å²) in [6.45, 7) is 0. The predicted octanol–water partition coefficient (Wildman–Crippen LogP) is 2.09. The number of aromatic nitrogens is 1. The summed E-state index contributed by atoms with van der Waals surface area (Å²) < 4.78 is 0. The largest absolute Gasteiger partial charge is 0.478 e. The molecule has 0 saturated carbocycles. The average Bonchev–Trinajstić information content (AvgIpc) is 2.31. The van der Waals surface area contributed by atoms with E-state index in [2.05, 4.69) is 10.3 Å². The molecule has 1 aliphatic heterocycles. The maximum atomic E-state index is 11.0. The summed E-state index contributed by atoms with van der Waals surface area (Å²) in [7, 11) is 0. The second kappa shape index (κ2) is 5.21. The van der Waals surface area contributed by atoms with E-state index in [0.29, 0.717) is 17.3 Å². The van der Waals surface area contributed by atoms with E-state index >= 15 is 0 Å². The summed E-state index contributed by atoms with van der Waals surface area (Å²) >= 11 is 1.95. The smallest absolute Gasteiger partial charge is 0.337 e. The van der Waals surface area contributed by atoms with Gasteiger partial charge in [-0.1, -0.05) is 0 Å². The first kappa shape index (κ1) is 11.3. The Hall–Kier alpha value is -1.23. The van der Waals surface area contributed by atoms with Crippen LogP contribution in [0, 0.1) is 0 Å². The summed E-state index contributed by atoms with van der Waals surface area (Å²) in [5.74, 6) is 1.37. The van der Waals surface area contributed by atoms with Gasteiger partial charge in [-0.05, 0) is 30.4 Å². The molecule has 86 valence electrons. The molecule has 1 aliphatic rings. The standard InChI is InChI=1S/C11H14N2O2S/c14-11(15)9-1-4-12-7-10(9)13-8-2-5-16-6-3-8/h1,4,7-8,13H,2-3,5-6H2,(H,14,15). The number of carboxylic acid groups (broad SMARTS) is 1. The quantitative estimate of drug-likeness (QED) is 0.844. The molecule has 2 heterocycles. The van der Waals surface area contributed by atoms with E-state index < -0.39 is 5.97 Å². The summed E-state index contributed by atoms with van der Waals surface area (Å²) in [4.78, 5) is 15.0. The monoisotopic (exact) mass is 238 g/mol. The molecular weight excluding hydrogens is 224 g/mol. The van der Waals surface area contributed by atoms with Crippen LogP contribution < -0.4 is 5.32 Å². The first-order valence-electron chi connectivity index (χ1n) is 5.29. The molecule has 0 amide bonds. The number of rotatable bonds is 3. The molecule has 2 N–H and O–H groups in total. The van der Waals surface area contributed by atoms with Crippen LogP contribution in [0.1, 0.15) is 23.2 Å². The third-order valence-electron chi connectivity index (χ3n) is 2.63. The number of nitrogens with zero attached hydrogens (tertiary/aromatic N) is 1. The Bertz CT molecular complexity index is 378. The lowest BCUT2D eigenvalue weighted by Crippen LogP contribution is -2.25. The van der Waals surface area contributed by atoms with E-state index in [0.717, 1.165) is 24.3 Å². The lowest BCUT2D eigenvalue weighted by molar-refractivity contribution is 0.0698. The van der Waals surface area contributed by atoms with Crippen LogP contribution in [-0.4, -0.2) is 33.6 Å². The molecule has 0 atom stereocenters. The van der Waals surface area contributed by atoms with Crippen LogP contribution in [-0.2, 0) is 0 Å². The van der Waals surface area contributed by atoms with E-state index in [1.807, 2.05) is 11.8 Å². The van der Waals surface area contributed by atoms with Crippen LogP contribution in [0.4, 0.5) is 5.69 Å². The van der Waals surface area contributed by atoms with Gasteiger partial charge in [0.05, 0.1) is 17.4 Å². The number of hydrogen-bond donors (Lipinski definition) is 2. The molecule has 0 aliphatic carbocycles. The first-order valence-corrected chi connectivity index (χ1v) is 6.44. The van der Waals surface area contributed by atoms with Crippen LogP contribution in [0.5, 0.6) is 0 Å². The van der Waals surface area contributed by atoms with Crippen molar-refractivity contribution in [3.63, 3.8) is 0 Å². The summed E-state index contributed by atoms with van der Waals surface area (Å²) in [5, 5.41) is 12.3. The molecule has 16 heavy (non-hydrogen) atoms. The topological polar surface area (TPSA) is 62.2 Å². The van der Waals surface area contributed by atoms with Gasteiger partial charge < -0.3 is 10.4 Å². The summed E-state index contributed by atoms with van der Waals surface area (Å²) in [6.07, 6.45) is 5.26. The number of hydrogen-bond acceptors (Lipinski definition) is 4. The molecule has 1 fully saturated rings. The highest BCUT2D eigenvalue weighted by Gasteiger charge is 2.16. The van der Waals surface area contributed by atoms with Gasteiger partial charge in [0.15, 0.2) is 0 Å². The molecule has 0 bridgehead atoms. The highest BCUT2D eigenvalue weighted by molar-refractivity contribution is 7.99. The van der Waals surface area contributed by atoms with Gasteiger partial charge in [-0.3, -0.25) is 4.98 Å². The fourth-order valence-corrected chi connectivity index (χ4v) is 2.86. The van der Waals surface area contributed by atoms with Crippen LogP contribution in [0.3, 0.4) is 0 Å². The molecule has 1 saturated heterocycles. The Morgan fingerprint density at radius 2 is 2.25 bits per heavy atom. The predicted molar refractivity (Wildman–Crippen MR) is 65.2 cm³/mol. The molecule has 0 spiro atoms. The zero-order chi connectivity index (χ0) is 11.4. The van der Waals surface area contributed by atoms with Gasteiger partial charge in [0.1, 0.15) is 0 Å². The minimum atomic E-state index is -0.907. The van der Waals surface area contributed by atoms with E-state index in [1.165, 1.54) is 12.3 Å². The molecule has 1 aromatic rings. The SMILES string of the molecule is O=C(O)c1ccncc1NC1CCSCC1. The number of aromatic carboxylic acids is 1.